The molecular weight excluding hydrogens is 378 g/mol. The Morgan fingerprint density at radius 2 is 1.79 bits per heavy atom. The lowest BCUT2D eigenvalue weighted by atomic mass is 10.1. The fourth-order valence-corrected chi connectivity index (χ4v) is 4.93. The average molecular weight is 404 g/mol. The van der Waals surface area contributed by atoms with Crippen LogP contribution in [0.2, 0.25) is 0 Å². The highest BCUT2D eigenvalue weighted by atomic mass is 32.2. The summed E-state index contributed by atoms with van der Waals surface area (Å²) in [6, 6.07) is 13.7. The van der Waals surface area contributed by atoms with E-state index in [9.17, 15) is 13.2 Å². The molecule has 0 amide bonds. The first-order chi connectivity index (χ1) is 13.3. The largest absolute Gasteiger partial charge is 0.457 e. The van der Waals surface area contributed by atoms with Crippen LogP contribution < -0.4 is 0 Å². The molecule has 150 valence electrons. The van der Waals surface area contributed by atoms with E-state index in [1.54, 1.807) is 12.1 Å². The van der Waals surface area contributed by atoms with Crippen LogP contribution in [0, 0.1) is 6.92 Å². The number of aryl methyl sites for hydroxylation is 1. The van der Waals surface area contributed by atoms with Crippen molar-refractivity contribution in [2.45, 2.75) is 44.5 Å². The highest BCUT2D eigenvalue weighted by Gasteiger charge is 2.32. The van der Waals surface area contributed by atoms with E-state index in [0.717, 1.165) is 11.1 Å². The fraction of sp³-hybridized carbons (Fsp3) is 0.381. The quantitative estimate of drug-likeness (QED) is 0.717. The Balaban J connectivity index is 1.74. The second kappa shape index (κ2) is 8.43. The van der Waals surface area contributed by atoms with Crippen molar-refractivity contribution in [3.8, 4) is 0 Å². The summed E-state index contributed by atoms with van der Waals surface area (Å²) in [5.41, 5.74) is 2.17. The number of nitrogens with zero attached hydrogens (tertiary/aromatic N) is 1. The number of rotatable bonds is 5. The van der Waals surface area contributed by atoms with Gasteiger partial charge in [0.2, 0.25) is 10.0 Å². The maximum atomic E-state index is 13.0. The second-order valence-corrected chi connectivity index (χ2v) is 9.11. The van der Waals surface area contributed by atoms with Gasteiger partial charge in [-0.05, 0) is 44.5 Å². The minimum atomic E-state index is -3.71. The third kappa shape index (κ3) is 4.79. The molecule has 1 heterocycles. The van der Waals surface area contributed by atoms with Gasteiger partial charge in [-0.3, -0.25) is 0 Å². The topological polar surface area (TPSA) is 72.9 Å². The summed E-state index contributed by atoms with van der Waals surface area (Å²) in [4.78, 5) is 12.5. The Kier molecular flexibility index (Phi) is 6.17. The molecule has 0 spiro atoms. The highest BCUT2D eigenvalue weighted by Crippen LogP contribution is 2.22. The van der Waals surface area contributed by atoms with Crippen molar-refractivity contribution < 1.29 is 22.7 Å². The van der Waals surface area contributed by atoms with Gasteiger partial charge in [-0.2, -0.15) is 4.31 Å². The van der Waals surface area contributed by atoms with E-state index in [4.69, 9.17) is 9.47 Å². The Morgan fingerprint density at radius 1 is 1.11 bits per heavy atom. The average Bonchev–Trinajstić information content (AvgIpc) is 2.65. The summed E-state index contributed by atoms with van der Waals surface area (Å²) in [5.74, 6) is -0.553. The summed E-state index contributed by atoms with van der Waals surface area (Å²) < 4.78 is 38.3. The molecule has 0 N–H and O–H groups in total. The van der Waals surface area contributed by atoms with Gasteiger partial charge in [-0.25, -0.2) is 13.2 Å². The number of hydrogen-bond donors (Lipinski definition) is 0. The summed E-state index contributed by atoms with van der Waals surface area (Å²) in [6.07, 6.45) is -0.359. The zero-order chi connectivity index (χ0) is 20.3. The molecule has 2 atom stereocenters. The lowest BCUT2D eigenvalue weighted by molar-refractivity contribution is -0.0440. The maximum Gasteiger partial charge on any atom is 0.338 e. The molecule has 2 aromatic carbocycles. The van der Waals surface area contributed by atoms with E-state index in [0.29, 0.717) is 0 Å². The van der Waals surface area contributed by atoms with E-state index in [1.165, 1.54) is 16.4 Å². The molecule has 1 aliphatic rings. The van der Waals surface area contributed by atoms with Gasteiger partial charge >= 0.3 is 5.97 Å². The third-order valence-electron chi connectivity index (χ3n) is 4.55. The molecule has 3 rings (SSSR count). The van der Waals surface area contributed by atoms with Crippen molar-refractivity contribution in [2.24, 2.45) is 0 Å². The Hall–Kier alpha value is -2.22. The molecule has 0 unspecified atom stereocenters. The van der Waals surface area contributed by atoms with Crippen LogP contribution in [0.5, 0.6) is 0 Å². The normalized spacial score (nSPS) is 20.7. The lowest BCUT2D eigenvalue weighted by Gasteiger charge is -2.34. The summed E-state index contributed by atoms with van der Waals surface area (Å²) >= 11 is 0. The monoisotopic (exact) mass is 403 g/mol. The standard InChI is InChI=1S/C21H25NO5S/c1-15-6-4-7-18(10-15)14-26-21(23)19-8-5-9-20(11-19)28(24,25)22-12-16(2)27-17(3)13-22/h4-11,16-17H,12-14H2,1-3H3/t16-,17-/m1/s1. The molecule has 1 saturated heterocycles. The lowest BCUT2D eigenvalue weighted by Crippen LogP contribution is -2.48. The SMILES string of the molecule is Cc1cccc(COC(=O)c2cccc(S(=O)(=O)N3C[C@@H](C)O[C@H](C)C3)c2)c1. The number of hydrogen-bond acceptors (Lipinski definition) is 5. The molecule has 0 bridgehead atoms. The maximum absolute atomic E-state index is 13.0. The molecule has 0 radical (unpaired) electrons. The van der Waals surface area contributed by atoms with Gasteiger partial charge in [0.25, 0.3) is 0 Å². The van der Waals surface area contributed by atoms with Crippen LogP contribution in [-0.4, -0.2) is 44.0 Å². The minimum absolute atomic E-state index is 0.0822. The number of esters is 1. The number of sulfonamides is 1. The Labute approximate surface area is 166 Å². The van der Waals surface area contributed by atoms with E-state index in [2.05, 4.69) is 0 Å². The summed E-state index contributed by atoms with van der Waals surface area (Å²) in [5, 5.41) is 0. The first-order valence-electron chi connectivity index (χ1n) is 9.24. The van der Waals surface area contributed by atoms with E-state index in [-0.39, 0.29) is 42.4 Å². The van der Waals surface area contributed by atoms with Crippen LogP contribution >= 0.6 is 0 Å². The van der Waals surface area contributed by atoms with Crippen LogP contribution in [0.25, 0.3) is 0 Å². The molecule has 1 aliphatic heterocycles. The Bertz CT molecular complexity index is 947. The van der Waals surface area contributed by atoms with Gasteiger partial charge in [-0.15, -0.1) is 0 Å². The van der Waals surface area contributed by atoms with Crippen LogP contribution in [0.3, 0.4) is 0 Å². The van der Waals surface area contributed by atoms with Crippen molar-refractivity contribution >= 4 is 16.0 Å². The van der Waals surface area contributed by atoms with Crippen LogP contribution in [0.1, 0.15) is 35.3 Å². The molecule has 1 fully saturated rings. The number of benzene rings is 2. The smallest absolute Gasteiger partial charge is 0.338 e. The summed E-state index contributed by atoms with van der Waals surface area (Å²) in [7, 11) is -3.71. The molecule has 0 aliphatic carbocycles. The zero-order valence-electron chi connectivity index (χ0n) is 16.3. The van der Waals surface area contributed by atoms with Gasteiger partial charge in [0.15, 0.2) is 0 Å². The number of carbonyl (C=O) groups is 1. The molecule has 0 saturated carbocycles. The van der Waals surface area contributed by atoms with Crippen LogP contribution in [0.15, 0.2) is 53.4 Å². The predicted octanol–water partition coefficient (Wildman–Crippen LogP) is 3.15. The van der Waals surface area contributed by atoms with E-state index < -0.39 is 16.0 Å². The van der Waals surface area contributed by atoms with Crippen molar-refractivity contribution in [3.63, 3.8) is 0 Å². The molecule has 28 heavy (non-hydrogen) atoms. The van der Waals surface area contributed by atoms with E-state index >= 15 is 0 Å². The van der Waals surface area contributed by atoms with Crippen LogP contribution in [0.4, 0.5) is 0 Å². The van der Waals surface area contributed by atoms with Crippen molar-refractivity contribution in [1.82, 2.24) is 4.31 Å². The van der Waals surface area contributed by atoms with Gasteiger partial charge < -0.3 is 9.47 Å². The molecule has 7 heteroatoms. The summed E-state index contributed by atoms with van der Waals surface area (Å²) in [6.45, 7) is 6.36. The zero-order valence-corrected chi connectivity index (χ0v) is 17.1. The number of ether oxygens (including phenoxy) is 2. The van der Waals surface area contributed by atoms with Gasteiger partial charge in [0.1, 0.15) is 6.61 Å². The molecule has 0 aromatic heterocycles. The minimum Gasteiger partial charge on any atom is -0.457 e. The Morgan fingerprint density at radius 3 is 2.46 bits per heavy atom. The van der Waals surface area contributed by atoms with Gasteiger partial charge in [0, 0.05) is 13.1 Å². The first kappa shape index (κ1) is 20.5. The first-order valence-corrected chi connectivity index (χ1v) is 10.7. The number of carbonyl (C=O) groups excluding carboxylic acids is 1. The van der Waals surface area contributed by atoms with Crippen molar-refractivity contribution in [1.29, 1.82) is 0 Å². The highest BCUT2D eigenvalue weighted by molar-refractivity contribution is 7.89. The van der Waals surface area contributed by atoms with Crippen molar-refractivity contribution in [2.75, 3.05) is 13.1 Å². The van der Waals surface area contributed by atoms with E-state index in [1.807, 2.05) is 45.0 Å². The van der Waals surface area contributed by atoms with Gasteiger partial charge in [0.05, 0.1) is 22.7 Å². The number of morpholine rings is 1. The molecule has 2 aromatic rings. The van der Waals surface area contributed by atoms with Gasteiger partial charge in [-0.1, -0.05) is 35.9 Å². The second-order valence-electron chi connectivity index (χ2n) is 7.17. The molecule has 6 nitrogen and oxygen atoms in total. The fourth-order valence-electron chi connectivity index (χ4n) is 3.29. The predicted molar refractivity (Wildman–Crippen MR) is 106 cm³/mol. The van der Waals surface area contributed by atoms with Crippen molar-refractivity contribution in [3.05, 3.63) is 65.2 Å². The molecular formula is C21H25NO5S. The van der Waals surface area contributed by atoms with Crippen LogP contribution in [-0.2, 0) is 26.1 Å². The third-order valence-corrected chi connectivity index (χ3v) is 6.37.